The van der Waals surface area contributed by atoms with Crippen LogP contribution in [0.25, 0.3) is 0 Å². The lowest BCUT2D eigenvalue weighted by atomic mass is 9.63. The Balaban J connectivity index is 2.13. The van der Waals surface area contributed by atoms with Crippen LogP contribution in [0.15, 0.2) is 18.2 Å². The molecule has 1 aromatic carbocycles. The van der Waals surface area contributed by atoms with Gasteiger partial charge in [-0.2, -0.15) is 13.2 Å². The standard InChI is InChI=1S/C17H23ClF3NO/c1-15(2)7-14(23)8-16(3,9-15)10-22-13-5-11(17(19,20)21)4-12(18)6-13/h4-6,14,22-23H,7-10H2,1-3H3/t14-,16-/m0/s1. The zero-order valence-electron chi connectivity index (χ0n) is 13.6. The first-order chi connectivity index (χ1) is 10.4. The van der Waals surface area contributed by atoms with Gasteiger partial charge < -0.3 is 10.4 Å². The van der Waals surface area contributed by atoms with E-state index < -0.39 is 11.7 Å². The molecular weight excluding hydrogens is 327 g/mol. The number of halogens is 4. The van der Waals surface area contributed by atoms with Gasteiger partial charge in [-0.25, -0.2) is 0 Å². The van der Waals surface area contributed by atoms with Gasteiger partial charge in [-0.15, -0.1) is 0 Å². The number of aliphatic hydroxyl groups excluding tert-OH is 1. The molecular formula is C17H23ClF3NO. The van der Waals surface area contributed by atoms with E-state index in [0.29, 0.717) is 18.7 Å². The fourth-order valence-corrected chi connectivity index (χ4v) is 4.12. The van der Waals surface area contributed by atoms with Gasteiger partial charge in [0, 0.05) is 17.3 Å². The van der Waals surface area contributed by atoms with Crippen molar-refractivity contribution in [2.24, 2.45) is 10.8 Å². The molecule has 1 aliphatic carbocycles. The fourth-order valence-electron chi connectivity index (χ4n) is 3.88. The summed E-state index contributed by atoms with van der Waals surface area (Å²) in [4.78, 5) is 0. The Morgan fingerprint density at radius 1 is 1.22 bits per heavy atom. The van der Waals surface area contributed by atoms with Crippen LogP contribution in [0.4, 0.5) is 18.9 Å². The van der Waals surface area contributed by atoms with Gasteiger partial charge in [-0.3, -0.25) is 0 Å². The highest BCUT2D eigenvalue weighted by Gasteiger charge is 2.40. The molecule has 1 aromatic rings. The van der Waals surface area contributed by atoms with E-state index in [9.17, 15) is 18.3 Å². The molecule has 0 amide bonds. The number of alkyl halides is 3. The van der Waals surface area contributed by atoms with Crippen LogP contribution in [0.1, 0.15) is 45.6 Å². The van der Waals surface area contributed by atoms with Gasteiger partial charge in [0.1, 0.15) is 0 Å². The Morgan fingerprint density at radius 3 is 2.43 bits per heavy atom. The zero-order chi connectivity index (χ0) is 17.5. The second-order valence-corrected chi connectivity index (χ2v) is 8.23. The van der Waals surface area contributed by atoms with Crippen LogP contribution < -0.4 is 5.32 Å². The van der Waals surface area contributed by atoms with Crippen molar-refractivity contribution in [2.45, 2.75) is 52.3 Å². The first kappa shape index (κ1) is 18.4. The lowest BCUT2D eigenvalue weighted by Gasteiger charge is -2.45. The molecule has 0 aliphatic heterocycles. The smallest absolute Gasteiger partial charge is 0.393 e. The summed E-state index contributed by atoms with van der Waals surface area (Å²) in [5.74, 6) is 0. The van der Waals surface area contributed by atoms with Crippen molar-refractivity contribution < 1.29 is 18.3 Å². The molecule has 0 bridgehead atoms. The lowest BCUT2D eigenvalue weighted by Crippen LogP contribution is -2.42. The molecule has 0 spiro atoms. The Labute approximate surface area is 140 Å². The average molecular weight is 350 g/mol. The van der Waals surface area contributed by atoms with Gasteiger partial charge in [0.2, 0.25) is 0 Å². The number of aliphatic hydroxyl groups is 1. The lowest BCUT2D eigenvalue weighted by molar-refractivity contribution is -0.137. The number of hydrogen-bond acceptors (Lipinski definition) is 2. The summed E-state index contributed by atoms with van der Waals surface area (Å²) in [7, 11) is 0. The second-order valence-electron chi connectivity index (χ2n) is 7.79. The van der Waals surface area contributed by atoms with Crippen molar-refractivity contribution >= 4 is 17.3 Å². The van der Waals surface area contributed by atoms with Crippen LogP contribution >= 0.6 is 11.6 Å². The van der Waals surface area contributed by atoms with E-state index in [4.69, 9.17) is 11.6 Å². The van der Waals surface area contributed by atoms with Crippen molar-refractivity contribution in [2.75, 3.05) is 11.9 Å². The molecule has 2 atom stereocenters. The molecule has 130 valence electrons. The predicted molar refractivity (Wildman–Crippen MR) is 86.7 cm³/mol. The molecule has 23 heavy (non-hydrogen) atoms. The minimum absolute atomic E-state index is 0.0135. The van der Waals surface area contributed by atoms with Crippen LogP contribution in [-0.4, -0.2) is 17.8 Å². The number of benzene rings is 1. The molecule has 1 saturated carbocycles. The molecule has 1 fully saturated rings. The van der Waals surface area contributed by atoms with Gasteiger partial charge >= 0.3 is 6.18 Å². The highest BCUT2D eigenvalue weighted by atomic mass is 35.5. The number of nitrogens with one attached hydrogen (secondary N) is 1. The van der Waals surface area contributed by atoms with E-state index in [1.54, 1.807) is 0 Å². The summed E-state index contributed by atoms with van der Waals surface area (Å²) < 4.78 is 38.6. The third kappa shape index (κ3) is 5.01. The quantitative estimate of drug-likeness (QED) is 0.771. The summed E-state index contributed by atoms with van der Waals surface area (Å²) in [6.07, 6.45) is -2.52. The van der Waals surface area contributed by atoms with E-state index in [2.05, 4.69) is 26.1 Å². The van der Waals surface area contributed by atoms with Gasteiger partial charge in [0.25, 0.3) is 0 Å². The van der Waals surface area contributed by atoms with E-state index >= 15 is 0 Å². The molecule has 6 heteroatoms. The van der Waals surface area contributed by atoms with Crippen LogP contribution in [0.3, 0.4) is 0 Å². The van der Waals surface area contributed by atoms with Crippen molar-refractivity contribution in [1.82, 2.24) is 0 Å². The fraction of sp³-hybridized carbons (Fsp3) is 0.647. The maximum Gasteiger partial charge on any atom is 0.416 e. The zero-order valence-corrected chi connectivity index (χ0v) is 14.4. The van der Waals surface area contributed by atoms with Gasteiger partial charge in [0.05, 0.1) is 11.7 Å². The molecule has 0 unspecified atom stereocenters. The Morgan fingerprint density at radius 2 is 1.87 bits per heavy atom. The largest absolute Gasteiger partial charge is 0.416 e. The van der Waals surface area contributed by atoms with E-state index in [0.717, 1.165) is 25.0 Å². The summed E-state index contributed by atoms with van der Waals surface area (Å²) in [5, 5.41) is 13.2. The van der Waals surface area contributed by atoms with Crippen molar-refractivity contribution in [3.63, 3.8) is 0 Å². The molecule has 1 aliphatic rings. The van der Waals surface area contributed by atoms with Gasteiger partial charge in [-0.1, -0.05) is 32.4 Å². The number of anilines is 1. The van der Waals surface area contributed by atoms with E-state index in [1.165, 1.54) is 6.07 Å². The maximum absolute atomic E-state index is 12.9. The first-order valence-corrected chi connectivity index (χ1v) is 8.06. The van der Waals surface area contributed by atoms with Crippen LogP contribution in [0.5, 0.6) is 0 Å². The third-order valence-corrected chi connectivity index (χ3v) is 4.58. The van der Waals surface area contributed by atoms with E-state index in [1.807, 2.05) is 0 Å². The molecule has 0 heterocycles. The highest BCUT2D eigenvalue weighted by molar-refractivity contribution is 6.30. The molecule has 2 N–H and O–H groups in total. The van der Waals surface area contributed by atoms with E-state index in [-0.39, 0.29) is 22.0 Å². The van der Waals surface area contributed by atoms with Crippen LogP contribution in [0.2, 0.25) is 5.02 Å². The molecule has 0 aromatic heterocycles. The summed E-state index contributed by atoms with van der Waals surface area (Å²) in [6.45, 7) is 6.76. The monoisotopic (exact) mass is 349 g/mol. The van der Waals surface area contributed by atoms with Crippen LogP contribution in [0, 0.1) is 10.8 Å². The Kier molecular flexibility index (Phi) is 4.94. The van der Waals surface area contributed by atoms with Crippen LogP contribution in [-0.2, 0) is 6.18 Å². The minimum atomic E-state index is -4.42. The summed E-state index contributed by atoms with van der Waals surface area (Å²) in [5.41, 5.74) is -0.577. The SMILES string of the molecule is CC1(C)C[C@H](O)C[C@](C)(CNc2cc(Cl)cc(C(F)(F)F)c2)C1. The molecule has 2 nitrogen and oxygen atoms in total. The summed E-state index contributed by atoms with van der Waals surface area (Å²) in [6, 6.07) is 3.48. The highest BCUT2D eigenvalue weighted by Crippen LogP contribution is 2.46. The summed E-state index contributed by atoms with van der Waals surface area (Å²) >= 11 is 5.80. The van der Waals surface area contributed by atoms with Crippen molar-refractivity contribution in [1.29, 1.82) is 0 Å². The van der Waals surface area contributed by atoms with Crippen molar-refractivity contribution in [3.8, 4) is 0 Å². The number of rotatable bonds is 3. The predicted octanol–water partition coefficient (Wildman–Crippen LogP) is 5.35. The maximum atomic E-state index is 12.9. The third-order valence-electron chi connectivity index (χ3n) is 4.37. The average Bonchev–Trinajstić information content (AvgIpc) is 2.31. The first-order valence-electron chi connectivity index (χ1n) is 7.68. The minimum Gasteiger partial charge on any atom is -0.393 e. The van der Waals surface area contributed by atoms with Gasteiger partial charge in [0.15, 0.2) is 0 Å². The Hall–Kier alpha value is -0.940. The second kappa shape index (κ2) is 6.17. The normalized spacial score (nSPS) is 27.7. The van der Waals surface area contributed by atoms with Crippen molar-refractivity contribution in [3.05, 3.63) is 28.8 Å². The topological polar surface area (TPSA) is 32.3 Å². The Bertz CT molecular complexity index is 573. The van der Waals surface area contributed by atoms with Gasteiger partial charge in [-0.05, 0) is 48.3 Å². The molecule has 0 saturated heterocycles. The number of hydrogen-bond donors (Lipinski definition) is 2. The molecule has 0 radical (unpaired) electrons. The molecule has 2 rings (SSSR count).